The number of rotatable bonds is 3. The fourth-order valence-electron chi connectivity index (χ4n) is 1.90. The normalized spacial score (nSPS) is 14.6. The summed E-state index contributed by atoms with van der Waals surface area (Å²) in [5, 5.41) is 22.2. The van der Waals surface area contributed by atoms with E-state index < -0.39 is 16.9 Å². The van der Waals surface area contributed by atoms with Crippen molar-refractivity contribution in [2.45, 2.75) is 0 Å². The minimum absolute atomic E-state index is 0.104. The standard InChI is InChI=1S/C12H13N3O6/c16-11(17)9-2-1-8(15(19)20)7-10(9)13-12(18)14-3-5-21-6-4-14/h1-2,7H,3-6H2,(H,13,18)(H,16,17). The van der Waals surface area contributed by atoms with E-state index in [1.807, 2.05) is 0 Å². The van der Waals surface area contributed by atoms with Crippen LogP contribution in [0.4, 0.5) is 16.2 Å². The molecule has 2 N–H and O–H groups in total. The highest BCUT2D eigenvalue weighted by atomic mass is 16.6. The number of benzene rings is 1. The average molecular weight is 295 g/mol. The molecular formula is C12H13N3O6. The van der Waals surface area contributed by atoms with E-state index in [1.165, 1.54) is 4.90 Å². The van der Waals surface area contributed by atoms with Gasteiger partial charge in [0.25, 0.3) is 5.69 Å². The van der Waals surface area contributed by atoms with Crippen LogP contribution in [0.25, 0.3) is 0 Å². The number of hydrogen-bond donors (Lipinski definition) is 2. The van der Waals surface area contributed by atoms with Gasteiger partial charge in [0.15, 0.2) is 0 Å². The van der Waals surface area contributed by atoms with Gasteiger partial charge in [-0.25, -0.2) is 9.59 Å². The lowest BCUT2D eigenvalue weighted by Crippen LogP contribution is -2.43. The van der Waals surface area contributed by atoms with Crippen LogP contribution in [0.15, 0.2) is 18.2 Å². The first-order valence-electron chi connectivity index (χ1n) is 6.14. The van der Waals surface area contributed by atoms with E-state index >= 15 is 0 Å². The second-order valence-electron chi connectivity index (χ2n) is 4.32. The fraction of sp³-hybridized carbons (Fsp3) is 0.333. The lowest BCUT2D eigenvalue weighted by Gasteiger charge is -2.27. The molecule has 9 nitrogen and oxygen atoms in total. The third kappa shape index (κ3) is 3.45. The van der Waals surface area contributed by atoms with E-state index in [-0.39, 0.29) is 16.9 Å². The van der Waals surface area contributed by atoms with Gasteiger partial charge in [-0.1, -0.05) is 0 Å². The van der Waals surface area contributed by atoms with Crippen LogP contribution in [0.2, 0.25) is 0 Å². The van der Waals surface area contributed by atoms with Crippen LogP contribution in [0, 0.1) is 10.1 Å². The van der Waals surface area contributed by atoms with Gasteiger partial charge in [0.1, 0.15) is 0 Å². The third-order valence-electron chi connectivity index (χ3n) is 2.98. The van der Waals surface area contributed by atoms with Crippen LogP contribution < -0.4 is 5.32 Å². The van der Waals surface area contributed by atoms with Gasteiger partial charge in [-0.2, -0.15) is 0 Å². The van der Waals surface area contributed by atoms with Crippen molar-refractivity contribution in [3.05, 3.63) is 33.9 Å². The molecule has 1 aliphatic heterocycles. The lowest BCUT2D eigenvalue weighted by atomic mass is 10.1. The van der Waals surface area contributed by atoms with Crippen molar-refractivity contribution < 1.29 is 24.4 Å². The Morgan fingerprint density at radius 3 is 2.57 bits per heavy atom. The number of nitro groups is 1. The molecule has 1 heterocycles. The number of urea groups is 1. The maximum absolute atomic E-state index is 12.0. The number of morpholine rings is 1. The van der Waals surface area contributed by atoms with Crippen molar-refractivity contribution in [2.24, 2.45) is 0 Å². The van der Waals surface area contributed by atoms with E-state index in [0.29, 0.717) is 26.3 Å². The molecule has 112 valence electrons. The molecule has 0 aromatic heterocycles. The van der Waals surface area contributed by atoms with Crippen LogP contribution in [0.3, 0.4) is 0 Å². The molecule has 1 aromatic rings. The van der Waals surface area contributed by atoms with E-state index in [2.05, 4.69) is 5.32 Å². The summed E-state index contributed by atoms with van der Waals surface area (Å²) in [7, 11) is 0. The van der Waals surface area contributed by atoms with Gasteiger partial charge < -0.3 is 20.1 Å². The number of non-ortho nitro benzene ring substituents is 1. The van der Waals surface area contributed by atoms with Gasteiger partial charge in [0.2, 0.25) is 0 Å². The molecule has 9 heteroatoms. The van der Waals surface area contributed by atoms with Crippen molar-refractivity contribution in [3.63, 3.8) is 0 Å². The Balaban J connectivity index is 2.23. The van der Waals surface area contributed by atoms with Crippen molar-refractivity contribution in [3.8, 4) is 0 Å². The number of nitrogens with zero attached hydrogens (tertiary/aromatic N) is 2. The quantitative estimate of drug-likeness (QED) is 0.637. The molecule has 0 spiro atoms. The molecule has 0 radical (unpaired) electrons. The van der Waals surface area contributed by atoms with Crippen molar-refractivity contribution in [1.82, 2.24) is 4.90 Å². The van der Waals surface area contributed by atoms with Gasteiger partial charge in [0.05, 0.1) is 29.4 Å². The summed E-state index contributed by atoms with van der Waals surface area (Å²) in [5.74, 6) is -1.28. The Labute approximate surface area is 119 Å². The number of amides is 2. The number of nitrogens with one attached hydrogen (secondary N) is 1. The Kier molecular flexibility index (Phi) is 4.33. The fourth-order valence-corrected chi connectivity index (χ4v) is 1.90. The number of carbonyl (C=O) groups excluding carboxylic acids is 1. The second kappa shape index (κ2) is 6.18. The highest BCUT2D eigenvalue weighted by Crippen LogP contribution is 2.23. The van der Waals surface area contributed by atoms with Gasteiger partial charge in [0, 0.05) is 25.2 Å². The third-order valence-corrected chi connectivity index (χ3v) is 2.98. The zero-order valence-corrected chi connectivity index (χ0v) is 10.9. The topological polar surface area (TPSA) is 122 Å². The molecule has 0 saturated carbocycles. The van der Waals surface area contributed by atoms with E-state index in [1.54, 1.807) is 0 Å². The molecule has 1 aromatic carbocycles. The Morgan fingerprint density at radius 2 is 2.00 bits per heavy atom. The van der Waals surface area contributed by atoms with E-state index in [9.17, 15) is 19.7 Å². The zero-order valence-electron chi connectivity index (χ0n) is 10.9. The summed E-state index contributed by atoms with van der Waals surface area (Å²) in [4.78, 5) is 34.7. The molecule has 0 unspecified atom stereocenters. The highest BCUT2D eigenvalue weighted by molar-refractivity contribution is 6.00. The van der Waals surface area contributed by atoms with Crippen molar-refractivity contribution in [1.29, 1.82) is 0 Å². The molecule has 1 saturated heterocycles. The Bertz CT molecular complexity index is 582. The maximum Gasteiger partial charge on any atom is 0.337 e. The summed E-state index contributed by atoms with van der Waals surface area (Å²) in [5.41, 5.74) is -0.604. The molecule has 0 aliphatic carbocycles. The minimum Gasteiger partial charge on any atom is -0.478 e. The number of hydrogen-bond acceptors (Lipinski definition) is 5. The largest absolute Gasteiger partial charge is 0.478 e. The van der Waals surface area contributed by atoms with Crippen molar-refractivity contribution in [2.75, 3.05) is 31.6 Å². The average Bonchev–Trinajstić information content (AvgIpc) is 2.47. The molecule has 0 bridgehead atoms. The van der Waals surface area contributed by atoms with Gasteiger partial charge >= 0.3 is 12.0 Å². The summed E-state index contributed by atoms with van der Waals surface area (Å²) in [6, 6.07) is 2.69. The number of carboxylic acid groups (broad SMARTS) is 1. The number of nitro benzene ring substituents is 1. The number of carbonyl (C=O) groups is 2. The monoisotopic (exact) mass is 295 g/mol. The molecule has 0 atom stereocenters. The Hall–Kier alpha value is -2.68. The van der Waals surface area contributed by atoms with Crippen molar-refractivity contribution >= 4 is 23.4 Å². The van der Waals surface area contributed by atoms with Crippen LogP contribution >= 0.6 is 0 Å². The minimum atomic E-state index is -1.28. The smallest absolute Gasteiger partial charge is 0.337 e. The lowest BCUT2D eigenvalue weighted by molar-refractivity contribution is -0.384. The summed E-state index contributed by atoms with van der Waals surface area (Å²) in [6.45, 7) is 1.55. The molecule has 1 fully saturated rings. The molecular weight excluding hydrogens is 282 g/mol. The van der Waals surface area contributed by atoms with Gasteiger partial charge in [-0.05, 0) is 6.07 Å². The van der Waals surface area contributed by atoms with E-state index in [4.69, 9.17) is 9.84 Å². The predicted molar refractivity (Wildman–Crippen MR) is 71.5 cm³/mol. The number of aromatic carboxylic acids is 1. The first-order valence-corrected chi connectivity index (χ1v) is 6.14. The molecule has 21 heavy (non-hydrogen) atoms. The van der Waals surface area contributed by atoms with Gasteiger partial charge in [-0.3, -0.25) is 10.1 Å². The number of anilines is 1. The highest BCUT2D eigenvalue weighted by Gasteiger charge is 2.21. The first kappa shape index (κ1) is 14.7. The first-order chi connectivity index (χ1) is 9.99. The van der Waals surface area contributed by atoms with Gasteiger partial charge in [-0.15, -0.1) is 0 Å². The molecule has 2 rings (SSSR count). The predicted octanol–water partition coefficient (Wildman–Crippen LogP) is 1.16. The Morgan fingerprint density at radius 1 is 1.33 bits per heavy atom. The maximum atomic E-state index is 12.0. The van der Waals surface area contributed by atoms with E-state index in [0.717, 1.165) is 18.2 Å². The molecule has 2 amide bonds. The zero-order chi connectivity index (χ0) is 15.4. The van der Waals surface area contributed by atoms with Crippen LogP contribution in [0.5, 0.6) is 0 Å². The number of carboxylic acids is 1. The summed E-state index contributed by atoms with van der Waals surface area (Å²) >= 11 is 0. The number of ether oxygens (including phenoxy) is 1. The second-order valence-corrected chi connectivity index (χ2v) is 4.32. The van der Waals surface area contributed by atoms with Crippen LogP contribution in [-0.4, -0.2) is 53.2 Å². The van der Waals surface area contributed by atoms with Crippen LogP contribution in [0.1, 0.15) is 10.4 Å². The SMILES string of the molecule is O=C(O)c1ccc([N+](=O)[O-])cc1NC(=O)N1CCOCC1. The van der Waals surface area contributed by atoms with Crippen LogP contribution in [-0.2, 0) is 4.74 Å². The molecule has 1 aliphatic rings. The summed E-state index contributed by atoms with van der Waals surface area (Å²) in [6.07, 6.45) is 0. The summed E-state index contributed by atoms with van der Waals surface area (Å²) < 4.78 is 5.11.